The van der Waals surface area contributed by atoms with Crippen LogP contribution in [0.15, 0.2) is 45.6 Å². The summed E-state index contributed by atoms with van der Waals surface area (Å²) in [6.07, 6.45) is 0.716. The highest BCUT2D eigenvalue weighted by Gasteiger charge is 2.65. The zero-order valence-electron chi connectivity index (χ0n) is 21.7. The van der Waals surface area contributed by atoms with Gasteiger partial charge in [-0.05, 0) is 51.2 Å². The highest BCUT2D eigenvalue weighted by Crippen LogP contribution is 2.54. The normalized spacial score (nSPS) is 27.7. The molecule has 0 saturated carbocycles. The van der Waals surface area contributed by atoms with Crippen molar-refractivity contribution < 1.29 is 28.5 Å². The van der Waals surface area contributed by atoms with Crippen molar-refractivity contribution in [2.24, 2.45) is 11.5 Å². The summed E-state index contributed by atoms with van der Waals surface area (Å²) in [5.41, 5.74) is 11.9. The lowest BCUT2D eigenvalue weighted by molar-refractivity contribution is -0.173. The van der Waals surface area contributed by atoms with Crippen molar-refractivity contribution >= 4 is 16.9 Å². The summed E-state index contributed by atoms with van der Waals surface area (Å²) in [7, 11) is 0. The second kappa shape index (κ2) is 8.56. The van der Waals surface area contributed by atoms with Gasteiger partial charge in [-0.25, -0.2) is 4.79 Å². The second-order valence-corrected chi connectivity index (χ2v) is 11.2. The van der Waals surface area contributed by atoms with Crippen LogP contribution in [0.2, 0.25) is 0 Å². The Bertz CT molecular complexity index is 1510. The minimum Gasteiger partial charge on any atom is -0.507 e. The molecule has 0 amide bonds. The molecule has 38 heavy (non-hydrogen) atoms. The van der Waals surface area contributed by atoms with Crippen LogP contribution in [0.25, 0.3) is 11.0 Å². The Labute approximate surface area is 219 Å². The molecule has 5 N–H and O–H groups in total. The number of fused-ring (bicyclic) bond motifs is 4. The third-order valence-electron chi connectivity index (χ3n) is 8.13. The Morgan fingerprint density at radius 1 is 1.16 bits per heavy atom. The number of benzene rings is 2. The number of ether oxygens (including phenoxy) is 3. The molecule has 4 heterocycles. The van der Waals surface area contributed by atoms with E-state index in [-0.39, 0.29) is 34.2 Å². The molecule has 4 atom stereocenters. The van der Waals surface area contributed by atoms with Gasteiger partial charge >= 0.3 is 5.97 Å². The SMILES string of the molecule is Cc1cc(=O)c2c(O)c3c(cc2o1)OC(C)(C)[C@@H]1OC(=O)[C@]2(CCC[C@@H]31)O[C@@H]2Cc1cccc(C(N)N)c1. The fraction of sp³-hybridized carbons (Fsp3) is 0.448. The van der Waals surface area contributed by atoms with Gasteiger partial charge in [0, 0.05) is 30.0 Å². The number of epoxide rings is 1. The molecule has 0 bridgehead atoms. The van der Waals surface area contributed by atoms with Gasteiger partial charge in [0.05, 0.1) is 6.17 Å². The maximum Gasteiger partial charge on any atom is 0.341 e. The fourth-order valence-corrected chi connectivity index (χ4v) is 6.22. The molecule has 1 spiro atoms. The molecule has 0 unspecified atom stereocenters. The summed E-state index contributed by atoms with van der Waals surface area (Å²) in [5, 5.41) is 11.4. The first-order chi connectivity index (χ1) is 18.0. The third kappa shape index (κ3) is 3.88. The molecule has 3 aliphatic heterocycles. The maximum atomic E-state index is 13.6. The number of hydrogen-bond donors (Lipinski definition) is 3. The molecular formula is C29H32N2O7. The standard InChI is InChI=1S/C29H32N2O7/c1-14-10-18(32)23-19(35-14)13-20-22(24(23)33)17-8-5-9-29(27(34)36-25(17)28(2,3)37-20)21(38-29)12-15-6-4-7-16(11-15)26(30)31/h4,6-7,10-11,13,17,21,25-26,33H,5,8-9,12,30-31H2,1-3H3/t17-,21+,25+,29+/m0/s1. The monoisotopic (exact) mass is 520 g/mol. The smallest absolute Gasteiger partial charge is 0.341 e. The Morgan fingerprint density at radius 3 is 2.71 bits per heavy atom. The molecule has 9 nitrogen and oxygen atoms in total. The lowest BCUT2D eigenvalue weighted by Crippen LogP contribution is -2.53. The average Bonchev–Trinajstić information content (AvgIpc) is 3.52. The van der Waals surface area contributed by atoms with Crippen LogP contribution in [-0.4, -0.2) is 34.5 Å². The summed E-state index contributed by atoms with van der Waals surface area (Å²) >= 11 is 0. The lowest BCUT2D eigenvalue weighted by atomic mass is 9.76. The highest BCUT2D eigenvalue weighted by molar-refractivity contribution is 5.88. The molecule has 3 aromatic rings. The Morgan fingerprint density at radius 2 is 1.95 bits per heavy atom. The van der Waals surface area contributed by atoms with Gasteiger partial charge in [-0.2, -0.15) is 0 Å². The fourth-order valence-electron chi connectivity index (χ4n) is 6.22. The number of phenols is 1. The topological polar surface area (TPSA) is 151 Å². The Hall–Kier alpha value is -3.40. The van der Waals surface area contributed by atoms with E-state index < -0.39 is 29.4 Å². The molecule has 2 saturated heterocycles. The molecule has 0 aliphatic carbocycles. The molecule has 6 rings (SSSR count). The van der Waals surface area contributed by atoms with Crippen LogP contribution in [-0.2, 0) is 20.7 Å². The van der Waals surface area contributed by atoms with Crippen molar-refractivity contribution in [3.8, 4) is 11.5 Å². The first kappa shape index (κ1) is 24.9. The minimum atomic E-state index is -1.02. The number of hydrogen-bond acceptors (Lipinski definition) is 9. The van der Waals surface area contributed by atoms with Crippen LogP contribution in [0.4, 0.5) is 0 Å². The van der Waals surface area contributed by atoms with Crippen LogP contribution < -0.4 is 21.6 Å². The predicted octanol–water partition coefficient (Wildman–Crippen LogP) is 3.45. The molecule has 1 aromatic heterocycles. The van der Waals surface area contributed by atoms with Gasteiger partial charge in [0.15, 0.2) is 11.0 Å². The number of esters is 1. The van der Waals surface area contributed by atoms with E-state index in [0.717, 1.165) is 11.1 Å². The van der Waals surface area contributed by atoms with Crippen LogP contribution in [0, 0.1) is 6.92 Å². The van der Waals surface area contributed by atoms with E-state index in [4.69, 9.17) is 30.1 Å². The molecule has 9 heteroatoms. The largest absolute Gasteiger partial charge is 0.507 e. The number of aryl methyl sites for hydroxylation is 1. The zero-order chi connectivity index (χ0) is 27.0. The van der Waals surface area contributed by atoms with Crippen molar-refractivity contribution in [1.82, 2.24) is 0 Å². The first-order valence-corrected chi connectivity index (χ1v) is 13.0. The number of carbonyl (C=O) groups excluding carboxylic acids is 1. The number of nitrogens with two attached hydrogens (primary N) is 2. The van der Waals surface area contributed by atoms with Crippen LogP contribution >= 0.6 is 0 Å². The summed E-state index contributed by atoms with van der Waals surface area (Å²) in [5.74, 6) is -0.0995. The predicted molar refractivity (Wildman–Crippen MR) is 139 cm³/mol. The number of rotatable bonds is 3. The Balaban J connectivity index is 1.31. The van der Waals surface area contributed by atoms with E-state index in [1.54, 1.807) is 13.0 Å². The van der Waals surface area contributed by atoms with Crippen molar-refractivity contribution in [3.63, 3.8) is 0 Å². The van der Waals surface area contributed by atoms with Crippen LogP contribution in [0.3, 0.4) is 0 Å². The summed E-state index contributed by atoms with van der Waals surface area (Å²) in [4.78, 5) is 26.3. The lowest BCUT2D eigenvalue weighted by Gasteiger charge is -2.45. The quantitative estimate of drug-likeness (QED) is 0.268. The molecule has 3 aliphatic rings. The van der Waals surface area contributed by atoms with Gasteiger partial charge in [-0.15, -0.1) is 0 Å². The summed E-state index contributed by atoms with van der Waals surface area (Å²) in [6.45, 7) is 5.39. The van der Waals surface area contributed by atoms with Gasteiger partial charge in [0.25, 0.3) is 0 Å². The van der Waals surface area contributed by atoms with E-state index in [1.807, 2.05) is 38.1 Å². The van der Waals surface area contributed by atoms with Gasteiger partial charge in [-0.1, -0.05) is 24.3 Å². The zero-order valence-corrected chi connectivity index (χ0v) is 21.7. The number of carbonyl (C=O) groups is 1. The first-order valence-electron chi connectivity index (χ1n) is 13.0. The van der Waals surface area contributed by atoms with Gasteiger partial charge in [0.1, 0.15) is 46.0 Å². The third-order valence-corrected chi connectivity index (χ3v) is 8.13. The Kier molecular flexibility index (Phi) is 5.61. The number of phenolic OH excluding ortho intramolecular Hbond substituents is 1. The average molecular weight is 521 g/mol. The van der Waals surface area contributed by atoms with E-state index in [2.05, 4.69) is 0 Å². The summed E-state index contributed by atoms with van der Waals surface area (Å²) in [6, 6.07) is 10.7. The molecule has 2 fully saturated rings. The highest BCUT2D eigenvalue weighted by atomic mass is 16.7. The van der Waals surface area contributed by atoms with Crippen molar-refractivity contribution in [2.75, 3.05) is 0 Å². The van der Waals surface area contributed by atoms with Crippen molar-refractivity contribution in [2.45, 2.75) is 81.9 Å². The maximum absolute atomic E-state index is 13.6. The van der Waals surface area contributed by atoms with Crippen molar-refractivity contribution in [3.05, 3.63) is 69.1 Å². The van der Waals surface area contributed by atoms with E-state index in [1.165, 1.54) is 6.07 Å². The molecule has 200 valence electrons. The summed E-state index contributed by atoms with van der Waals surface area (Å²) < 4.78 is 24.2. The van der Waals surface area contributed by atoms with Gasteiger partial charge < -0.3 is 35.2 Å². The van der Waals surface area contributed by atoms with Gasteiger partial charge in [-0.3, -0.25) is 4.79 Å². The van der Waals surface area contributed by atoms with E-state index >= 15 is 0 Å². The van der Waals surface area contributed by atoms with E-state index in [0.29, 0.717) is 42.8 Å². The van der Waals surface area contributed by atoms with Crippen LogP contribution in [0.5, 0.6) is 11.5 Å². The van der Waals surface area contributed by atoms with Crippen LogP contribution in [0.1, 0.15) is 67.6 Å². The second-order valence-electron chi connectivity index (χ2n) is 11.2. The van der Waals surface area contributed by atoms with Gasteiger partial charge in [0.2, 0.25) is 0 Å². The molecule has 0 radical (unpaired) electrons. The molecular weight excluding hydrogens is 488 g/mol. The van der Waals surface area contributed by atoms with E-state index in [9.17, 15) is 14.7 Å². The van der Waals surface area contributed by atoms with Crippen molar-refractivity contribution in [1.29, 1.82) is 0 Å². The minimum absolute atomic E-state index is 0.103. The molecule has 2 aromatic carbocycles. The number of aromatic hydroxyl groups is 1.